The van der Waals surface area contributed by atoms with E-state index in [0.29, 0.717) is 44.7 Å². The molecule has 1 aliphatic heterocycles. The molecule has 0 fully saturated rings. The van der Waals surface area contributed by atoms with Crippen LogP contribution in [0.3, 0.4) is 0 Å². The van der Waals surface area contributed by atoms with Crippen molar-refractivity contribution in [2.45, 2.75) is 53.2 Å². The maximum Gasteiger partial charge on any atom is 0.502 e. The molecule has 0 amide bonds. The predicted molar refractivity (Wildman–Crippen MR) is 118 cm³/mol. The van der Waals surface area contributed by atoms with E-state index < -0.39 is 22.4 Å². The van der Waals surface area contributed by atoms with Gasteiger partial charge in [-0.1, -0.05) is 18.2 Å². The monoisotopic (exact) mass is 461 g/mol. The molecule has 8 nitrogen and oxygen atoms in total. The van der Waals surface area contributed by atoms with Crippen molar-refractivity contribution in [1.82, 2.24) is 4.90 Å². The summed E-state index contributed by atoms with van der Waals surface area (Å²) < 4.78 is 48.9. The van der Waals surface area contributed by atoms with E-state index in [4.69, 9.17) is 27.1 Å². The molecule has 1 atom stereocenters. The summed E-state index contributed by atoms with van der Waals surface area (Å²) in [5.41, 5.74) is 1.02. The molecule has 1 unspecified atom stereocenters. The summed E-state index contributed by atoms with van der Waals surface area (Å²) in [5, 5.41) is 0. The highest BCUT2D eigenvalue weighted by atomic mass is 31.2. The summed E-state index contributed by atoms with van der Waals surface area (Å²) in [6, 6.07) is 8.29. The third kappa shape index (κ3) is 6.37. The molecule has 10 heteroatoms. The van der Waals surface area contributed by atoms with E-state index in [2.05, 4.69) is 0 Å². The highest BCUT2D eigenvalue weighted by molar-refractivity contribution is 7.54. The molecule has 1 heterocycles. The van der Waals surface area contributed by atoms with Gasteiger partial charge in [0, 0.05) is 44.5 Å². The van der Waals surface area contributed by atoms with E-state index in [-0.39, 0.29) is 13.2 Å². The minimum absolute atomic E-state index is 0.266. The Balaban J connectivity index is 2.31. The number of hydrogen-bond acceptors (Lipinski definition) is 8. The molecule has 0 spiro atoms. The van der Waals surface area contributed by atoms with Crippen LogP contribution >= 0.6 is 7.60 Å². The first-order valence-corrected chi connectivity index (χ1v) is 14.3. The van der Waals surface area contributed by atoms with Gasteiger partial charge in [-0.25, -0.2) is 0 Å². The highest BCUT2D eigenvalue weighted by Gasteiger charge is 2.47. The zero-order valence-corrected chi connectivity index (χ0v) is 20.7. The standard InChI is InChI=1S/C20H36NO7PSi/c1-6-23-29(22,24-7-2)20-21(17-18-13-11-12-14-19(18)28-20)15-16-30(25-8-3,26-9-4)27-10-5/h11-14,20H,6-10,15-17H2,1-5H3. The fourth-order valence-corrected chi connectivity index (χ4v) is 7.95. The van der Waals surface area contributed by atoms with Crippen LogP contribution in [0.1, 0.15) is 40.2 Å². The third-order valence-corrected chi connectivity index (χ3v) is 9.81. The molecular weight excluding hydrogens is 425 g/mol. The Morgan fingerprint density at radius 2 is 1.53 bits per heavy atom. The van der Waals surface area contributed by atoms with Crippen LogP contribution in [0.4, 0.5) is 0 Å². The summed E-state index contributed by atoms with van der Waals surface area (Å²) in [4.78, 5) is 1.98. The van der Waals surface area contributed by atoms with Crippen molar-refractivity contribution >= 4 is 16.4 Å². The smallest absolute Gasteiger partial charge is 0.463 e. The van der Waals surface area contributed by atoms with Gasteiger partial charge in [0.15, 0.2) is 0 Å². The van der Waals surface area contributed by atoms with Crippen LogP contribution in [-0.2, 0) is 33.4 Å². The van der Waals surface area contributed by atoms with E-state index in [0.717, 1.165) is 5.56 Å². The molecule has 2 rings (SSSR count). The Bertz CT molecular complexity index is 666. The Kier molecular flexibility index (Phi) is 10.5. The number of para-hydroxylation sites is 1. The fraction of sp³-hybridized carbons (Fsp3) is 0.700. The van der Waals surface area contributed by atoms with Gasteiger partial charge in [0.05, 0.1) is 13.2 Å². The number of nitrogens with zero attached hydrogens (tertiary/aromatic N) is 1. The second-order valence-electron chi connectivity index (χ2n) is 6.63. The lowest BCUT2D eigenvalue weighted by Gasteiger charge is -2.40. The summed E-state index contributed by atoms with van der Waals surface area (Å²) in [6.07, 6.45) is 0. The van der Waals surface area contributed by atoms with Crippen LogP contribution in [0.5, 0.6) is 5.75 Å². The third-order valence-electron chi connectivity index (χ3n) is 4.58. The maximum absolute atomic E-state index is 13.6. The fourth-order valence-electron chi connectivity index (χ4n) is 3.49. The van der Waals surface area contributed by atoms with Crippen LogP contribution in [0, 0.1) is 0 Å². The first kappa shape index (κ1) is 25.5. The Labute approximate surface area is 181 Å². The van der Waals surface area contributed by atoms with Crippen LogP contribution in [-0.4, -0.2) is 59.3 Å². The van der Waals surface area contributed by atoms with Crippen LogP contribution in [0.15, 0.2) is 24.3 Å². The molecule has 0 saturated heterocycles. The molecule has 172 valence electrons. The normalized spacial score (nSPS) is 17.6. The second-order valence-corrected chi connectivity index (χ2v) is 11.4. The van der Waals surface area contributed by atoms with Gasteiger partial charge in [0.25, 0.3) is 5.97 Å². The lowest BCUT2D eigenvalue weighted by Crippen LogP contribution is -2.51. The van der Waals surface area contributed by atoms with Crippen molar-refractivity contribution < 1.29 is 31.6 Å². The van der Waals surface area contributed by atoms with Crippen molar-refractivity contribution in [1.29, 1.82) is 0 Å². The number of hydrogen-bond donors (Lipinski definition) is 0. The minimum atomic E-state index is -3.54. The highest BCUT2D eigenvalue weighted by Crippen LogP contribution is 2.56. The molecule has 1 aromatic carbocycles. The predicted octanol–water partition coefficient (Wildman–Crippen LogP) is 4.48. The molecule has 0 saturated carbocycles. The molecule has 0 aliphatic carbocycles. The SMILES string of the molecule is CCO[Si](CCN1Cc2ccccc2OC1P(=O)(OCC)OCC)(OCC)OCC. The van der Waals surface area contributed by atoms with Gasteiger partial charge < -0.3 is 27.1 Å². The van der Waals surface area contributed by atoms with Crippen LogP contribution < -0.4 is 4.74 Å². The average molecular weight is 462 g/mol. The van der Waals surface area contributed by atoms with Crippen molar-refractivity contribution in [3.8, 4) is 5.75 Å². The van der Waals surface area contributed by atoms with Gasteiger partial charge in [-0.3, -0.25) is 9.46 Å². The number of ether oxygens (including phenoxy) is 1. The molecule has 1 aromatic rings. The zero-order valence-electron chi connectivity index (χ0n) is 18.8. The molecule has 0 aromatic heterocycles. The summed E-state index contributed by atoms with van der Waals surface area (Å²) in [7, 11) is -6.40. The van der Waals surface area contributed by atoms with Gasteiger partial charge in [-0.15, -0.1) is 0 Å². The quantitative estimate of drug-likeness (QED) is 0.297. The van der Waals surface area contributed by atoms with Crippen molar-refractivity contribution in [2.24, 2.45) is 0 Å². The molecular formula is C20H36NO7PSi. The lowest BCUT2D eigenvalue weighted by molar-refractivity contribution is 0.0213. The summed E-state index contributed by atoms with van der Waals surface area (Å²) in [5.74, 6) is -0.148. The topological polar surface area (TPSA) is 75.7 Å². The largest absolute Gasteiger partial charge is 0.502 e. The van der Waals surface area contributed by atoms with Gasteiger partial charge in [-0.05, 0) is 40.7 Å². The van der Waals surface area contributed by atoms with Crippen molar-refractivity contribution in [3.05, 3.63) is 29.8 Å². The Hall–Kier alpha value is -0.773. The van der Waals surface area contributed by atoms with E-state index >= 15 is 0 Å². The van der Waals surface area contributed by atoms with Gasteiger partial charge in [0.2, 0.25) is 0 Å². The number of benzene rings is 1. The lowest BCUT2D eigenvalue weighted by atomic mass is 10.2. The molecule has 0 bridgehead atoms. The Morgan fingerprint density at radius 3 is 2.07 bits per heavy atom. The summed E-state index contributed by atoms with van der Waals surface area (Å²) >= 11 is 0. The molecule has 1 aliphatic rings. The number of rotatable bonds is 14. The number of fused-ring (bicyclic) bond motifs is 1. The maximum atomic E-state index is 13.6. The van der Waals surface area contributed by atoms with Gasteiger partial charge in [-0.2, -0.15) is 0 Å². The molecule has 0 radical (unpaired) electrons. The van der Waals surface area contributed by atoms with E-state index in [1.54, 1.807) is 13.8 Å². The van der Waals surface area contributed by atoms with E-state index in [1.807, 2.05) is 49.9 Å². The average Bonchev–Trinajstić information content (AvgIpc) is 2.72. The molecule has 0 N–H and O–H groups in total. The Morgan fingerprint density at radius 1 is 0.967 bits per heavy atom. The molecule has 30 heavy (non-hydrogen) atoms. The second kappa shape index (κ2) is 12.3. The minimum Gasteiger partial charge on any atom is -0.463 e. The van der Waals surface area contributed by atoms with Gasteiger partial charge >= 0.3 is 16.4 Å². The van der Waals surface area contributed by atoms with Crippen LogP contribution in [0.25, 0.3) is 0 Å². The van der Waals surface area contributed by atoms with E-state index in [9.17, 15) is 4.57 Å². The summed E-state index contributed by atoms with van der Waals surface area (Å²) in [6.45, 7) is 12.5. The zero-order chi connectivity index (χ0) is 22.0. The van der Waals surface area contributed by atoms with Gasteiger partial charge in [0.1, 0.15) is 5.75 Å². The van der Waals surface area contributed by atoms with E-state index in [1.165, 1.54) is 0 Å². The van der Waals surface area contributed by atoms with Crippen molar-refractivity contribution in [3.63, 3.8) is 0 Å². The first-order chi connectivity index (χ1) is 14.5. The van der Waals surface area contributed by atoms with Crippen LogP contribution in [0.2, 0.25) is 6.04 Å². The first-order valence-electron chi connectivity index (χ1n) is 10.8. The van der Waals surface area contributed by atoms with Crippen molar-refractivity contribution in [2.75, 3.05) is 39.6 Å².